The van der Waals surface area contributed by atoms with Crippen LogP contribution in [0.15, 0.2) is 60.7 Å². The molecule has 0 aliphatic heterocycles. The summed E-state index contributed by atoms with van der Waals surface area (Å²) in [5.41, 5.74) is 18.7. The Labute approximate surface area is 309 Å². The Bertz CT molecular complexity index is 1580. The van der Waals surface area contributed by atoms with Gasteiger partial charge in [-0.05, 0) is 41.0 Å². The number of fused-ring (bicyclic) bond motifs is 1. The highest BCUT2D eigenvalue weighted by Gasteiger charge is 2.20. The third-order valence-electron chi connectivity index (χ3n) is 7.84. The number of aliphatic carboxylic acids is 1. The number of nitrogens with one attached hydrogen (secondary N) is 3. The minimum absolute atomic E-state index is 0.266. The fourth-order valence-corrected chi connectivity index (χ4v) is 5.24. The lowest BCUT2D eigenvalue weighted by Gasteiger charge is -2.19. The van der Waals surface area contributed by atoms with Crippen LogP contribution in [0.2, 0.25) is 0 Å². The van der Waals surface area contributed by atoms with Gasteiger partial charge in [0.15, 0.2) is 0 Å². The molecule has 53 heavy (non-hydrogen) atoms. The summed E-state index contributed by atoms with van der Waals surface area (Å²) in [5, 5.41) is 19.0. The van der Waals surface area contributed by atoms with Gasteiger partial charge in [-0.25, -0.2) is 4.79 Å². The van der Waals surface area contributed by atoms with E-state index in [0.29, 0.717) is 83.7 Å². The van der Waals surface area contributed by atoms with E-state index in [-0.39, 0.29) is 25.9 Å². The van der Waals surface area contributed by atoms with E-state index >= 15 is 0 Å². The number of rotatable bonds is 27. The molecule has 0 fully saturated rings. The minimum atomic E-state index is -1.10. The molecule has 0 aromatic heterocycles. The highest BCUT2D eigenvalue weighted by molar-refractivity contribution is 6.00. The Morgan fingerprint density at radius 2 is 1.34 bits per heavy atom. The molecule has 2 atom stereocenters. The third-order valence-corrected chi connectivity index (χ3v) is 7.84. The summed E-state index contributed by atoms with van der Waals surface area (Å²) in [6.07, 6.45) is 0.329. The fourth-order valence-electron chi connectivity index (χ4n) is 5.24. The number of carbonyl (C=O) groups is 4. The van der Waals surface area contributed by atoms with E-state index < -0.39 is 35.9 Å². The minimum Gasteiger partial charge on any atom is -0.491 e. The van der Waals surface area contributed by atoms with Gasteiger partial charge in [-0.2, -0.15) is 0 Å². The lowest BCUT2D eigenvalue weighted by Crippen LogP contribution is -2.45. The van der Waals surface area contributed by atoms with Crippen LogP contribution in [0.25, 0.3) is 21.9 Å². The number of urea groups is 1. The van der Waals surface area contributed by atoms with E-state index in [1.54, 1.807) is 12.1 Å². The van der Waals surface area contributed by atoms with Crippen LogP contribution in [0.4, 0.5) is 4.79 Å². The van der Waals surface area contributed by atoms with Gasteiger partial charge >= 0.3 is 12.0 Å². The number of benzene rings is 3. The maximum Gasteiger partial charge on any atom is 0.312 e. The smallest absolute Gasteiger partial charge is 0.312 e. The highest BCUT2D eigenvalue weighted by atomic mass is 16.6. The van der Waals surface area contributed by atoms with Gasteiger partial charge in [-0.3, -0.25) is 14.4 Å². The number of ether oxygens (including phenoxy) is 5. The lowest BCUT2D eigenvalue weighted by atomic mass is 9.95. The molecule has 290 valence electrons. The SMILES string of the molecule is NCCOCCOCCOCCOCCOc1ccc(-c2ccc(C(CC(=O)O)NC(=O)CNC(=O)C(N)CCCNC(N)=O)cc2)c2ccccc12. The van der Waals surface area contributed by atoms with Crippen molar-refractivity contribution < 1.29 is 48.0 Å². The van der Waals surface area contributed by atoms with Gasteiger partial charge < -0.3 is 61.9 Å². The number of nitrogens with two attached hydrogens (primary N) is 3. The van der Waals surface area contributed by atoms with E-state index in [1.807, 2.05) is 48.5 Å². The second-order valence-electron chi connectivity index (χ2n) is 11.8. The molecule has 3 rings (SSSR count). The lowest BCUT2D eigenvalue weighted by molar-refractivity contribution is -0.138. The van der Waals surface area contributed by atoms with Gasteiger partial charge in [0.1, 0.15) is 12.4 Å². The van der Waals surface area contributed by atoms with Gasteiger partial charge in [0, 0.05) is 18.5 Å². The number of hydrogen-bond acceptors (Lipinski definition) is 11. The van der Waals surface area contributed by atoms with Crippen LogP contribution in [0.5, 0.6) is 5.75 Å². The third kappa shape index (κ3) is 16.2. The summed E-state index contributed by atoms with van der Waals surface area (Å²) >= 11 is 0. The normalized spacial score (nSPS) is 12.2. The molecule has 4 amide bonds. The molecular formula is C37H52N6O10. The van der Waals surface area contributed by atoms with Gasteiger partial charge in [-0.1, -0.05) is 54.6 Å². The summed E-state index contributed by atoms with van der Waals surface area (Å²) in [7, 11) is 0. The van der Waals surface area contributed by atoms with Crippen LogP contribution in [0, 0.1) is 0 Å². The van der Waals surface area contributed by atoms with Crippen molar-refractivity contribution in [1.29, 1.82) is 0 Å². The molecule has 3 aromatic carbocycles. The first-order valence-electron chi connectivity index (χ1n) is 17.5. The molecule has 16 nitrogen and oxygen atoms in total. The number of carboxylic acid groups (broad SMARTS) is 1. The maximum absolute atomic E-state index is 12.7. The standard InChI is InChI=1S/C37H52N6O10/c38-13-15-49-16-17-50-18-19-51-20-21-52-22-23-53-33-12-11-28(29-4-1-2-5-30(29)33)26-7-9-27(10-8-26)32(24-35(45)46)43-34(44)25-42-36(47)31(39)6-3-14-41-37(40)48/h1-2,4-5,7-12,31-32H,3,6,13-25,38-39H2,(H,42,47)(H,43,44)(H,45,46)(H3,40,41,48). The maximum atomic E-state index is 12.7. The zero-order chi connectivity index (χ0) is 38.3. The van der Waals surface area contributed by atoms with E-state index in [2.05, 4.69) is 16.0 Å². The Kier molecular flexibility index (Phi) is 19.6. The zero-order valence-corrected chi connectivity index (χ0v) is 29.9. The molecule has 0 aliphatic carbocycles. The molecule has 0 saturated carbocycles. The fraction of sp³-hybridized carbons (Fsp3) is 0.459. The van der Waals surface area contributed by atoms with Crippen LogP contribution in [-0.4, -0.2) is 114 Å². The first kappa shape index (κ1) is 42.6. The van der Waals surface area contributed by atoms with E-state index in [1.165, 1.54) is 0 Å². The van der Waals surface area contributed by atoms with Crippen LogP contribution >= 0.6 is 0 Å². The van der Waals surface area contributed by atoms with Crippen molar-refractivity contribution in [2.75, 3.05) is 79.1 Å². The van der Waals surface area contributed by atoms with Crippen molar-refractivity contribution >= 4 is 34.6 Å². The summed E-state index contributed by atoms with van der Waals surface area (Å²) in [6.45, 7) is 4.48. The van der Waals surface area contributed by atoms with Crippen molar-refractivity contribution in [3.05, 3.63) is 66.2 Å². The number of carboxylic acids is 1. The summed E-state index contributed by atoms with van der Waals surface area (Å²) in [6, 6.07) is 16.6. The summed E-state index contributed by atoms with van der Waals surface area (Å²) < 4.78 is 27.9. The second kappa shape index (κ2) is 24.4. The molecule has 0 bridgehead atoms. The number of carbonyl (C=O) groups excluding carboxylic acids is 3. The summed E-state index contributed by atoms with van der Waals surface area (Å²) in [5.74, 6) is -1.50. The molecule has 0 radical (unpaired) electrons. The van der Waals surface area contributed by atoms with Gasteiger partial charge in [-0.15, -0.1) is 0 Å². The van der Waals surface area contributed by atoms with E-state index in [4.69, 9.17) is 40.9 Å². The van der Waals surface area contributed by atoms with Crippen LogP contribution in [-0.2, 0) is 33.3 Å². The number of primary amides is 1. The van der Waals surface area contributed by atoms with Crippen LogP contribution in [0.3, 0.4) is 0 Å². The van der Waals surface area contributed by atoms with Crippen molar-refractivity contribution in [3.8, 4) is 16.9 Å². The Morgan fingerprint density at radius 1 is 0.736 bits per heavy atom. The molecular weight excluding hydrogens is 688 g/mol. The van der Waals surface area contributed by atoms with Gasteiger partial charge in [0.05, 0.1) is 77.9 Å². The van der Waals surface area contributed by atoms with Crippen molar-refractivity contribution in [3.63, 3.8) is 0 Å². The summed E-state index contributed by atoms with van der Waals surface area (Å²) in [4.78, 5) is 47.4. The Balaban J connectivity index is 1.50. The molecule has 0 spiro atoms. The largest absolute Gasteiger partial charge is 0.491 e. The van der Waals surface area contributed by atoms with Crippen molar-refractivity contribution in [1.82, 2.24) is 16.0 Å². The number of amides is 4. The van der Waals surface area contributed by atoms with Gasteiger partial charge in [0.25, 0.3) is 0 Å². The second-order valence-corrected chi connectivity index (χ2v) is 11.8. The van der Waals surface area contributed by atoms with E-state index in [0.717, 1.165) is 21.9 Å². The molecule has 10 N–H and O–H groups in total. The average molecular weight is 741 g/mol. The first-order chi connectivity index (χ1) is 25.7. The molecule has 16 heteroatoms. The van der Waals surface area contributed by atoms with Gasteiger partial charge in [0.2, 0.25) is 11.8 Å². The van der Waals surface area contributed by atoms with Crippen LogP contribution in [0.1, 0.15) is 30.9 Å². The topological polar surface area (TPSA) is 249 Å². The first-order valence-corrected chi connectivity index (χ1v) is 17.5. The van der Waals surface area contributed by atoms with Crippen molar-refractivity contribution in [2.45, 2.75) is 31.3 Å². The predicted molar refractivity (Wildman–Crippen MR) is 198 cm³/mol. The highest BCUT2D eigenvalue weighted by Crippen LogP contribution is 2.35. The van der Waals surface area contributed by atoms with Crippen molar-refractivity contribution in [2.24, 2.45) is 17.2 Å². The van der Waals surface area contributed by atoms with Crippen LogP contribution < -0.4 is 37.9 Å². The monoisotopic (exact) mass is 740 g/mol. The molecule has 0 saturated heterocycles. The van der Waals surface area contributed by atoms with E-state index in [9.17, 15) is 24.3 Å². The quantitative estimate of drug-likeness (QED) is 0.0549. The molecule has 3 aromatic rings. The molecule has 0 aliphatic rings. The Morgan fingerprint density at radius 3 is 1.94 bits per heavy atom. The predicted octanol–water partition coefficient (Wildman–Crippen LogP) is 1.43. The number of hydrogen-bond donors (Lipinski definition) is 7. The molecule has 0 heterocycles. The zero-order valence-electron chi connectivity index (χ0n) is 29.9. The molecule has 2 unspecified atom stereocenters. The average Bonchev–Trinajstić information content (AvgIpc) is 3.15. The Hall–Kier alpha value is -4.84.